The molecule has 3 aromatic rings. The predicted octanol–water partition coefficient (Wildman–Crippen LogP) is 5.05. The average molecular weight is 433 g/mol. The van der Waals surface area contributed by atoms with Crippen LogP contribution in [0.5, 0.6) is 0 Å². The first-order chi connectivity index (χ1) is 15.6. The van der Waals surface area contributed by atoms with Gasteiger partial charge in [-0.15, -0.1) is 0 Å². The lowest BCUT2D eigenvalue weighted by Crippen LogP contribution is -2.43. The van der Waals surface area contributed by atoms with Crippen molar-refractivity contribution in [1.29, 1.82) is 0 Å². The number of benzene rings is 3. The van der Waals surface area contributed by atoms with E-state index in [0.717, 1.165) is 23.1 Å². The number of hydrogen-bond donors (Lipinski definition) is 1. The number of amides is 2. The van der Waals surface area contributed by atoms with Gasteiger partial charge in [-0.25, -0.2) is 4.39 Å². The molecule has 2 amide bonds. The van der Waals surface area contributed by atoms with Crippen LogP contribution in [0.1, 0.15) is 42.5 Å². The van der Waals surface area contributed by atoms with Gasteiger partial charge in [0, 0.05) is 19.5 Å². The van der Waals surface area contributed by atoms with Crippen molar-refractivity contribution >= 4 is 11.8 Å². The zero-order valence-corrected chi connectivity index (χ0v) is 18.3. The summed E-state index contributed by atoms with van der Waals surface area (Å²) in [4.78, 5) is 28.3. The molecule has 1 atom stereocenters. The summed E-state index contributed by atoms with van der Waals surface area (Å²) < 4.78 is 13.4. The number of hydrogen-bond acceptors (Lipinski definition) is 2. The van der Waals surface area contributed by atoms with Gasteiger partial charge in [-0.3, -0.25) is 9.59 Å². The first kappa shape index (κ1) is 23.2. The van der Waals surface area contributed by atoms with Gasteiger partial charge >= 0.3 is 0 Å². The molecule has 1 unspecified atom stereocenters. The highest BCUT2D eigenvalue weighted by atomic mass is 19.1. The molecular weight excluding hydrogens is 403 g/mol. The fourth-order valence-corrected chi connectivity index (χ4v) is 3.60. The Kier molecular flexibility index (Phi) is 8.55. The molecule has 0 aliphatic heterocycles. The highest BCUT2D eigenvalue weighted by Crippen LogP contribution is 2.25. The number of aryl methyl sites for hydroxylation is 1. The molecule has 0 heterocycles. The minimum absolute atomic E-state index is 0.126. The molecule has 0 aliphatic rings. The summed E-state index contributed by atoms with van der Waals surface area (Å²) in [6.45, 7) is 2.73. The van der Waals surface area contributed by atoms with Crippen molar-refractivity contribution in [3.8, 4) is 0 Å². The Morgan fingerprint density at radius 1 is 0.875 bits per heavy atom. The van der Waals surface area contributed by atoms with Crippen LogP contribution in [-0.2, 0) is 22.6 Å². The van der Waals surface area contributed by atoms with Crippen LogP contribution in [0.4, 0.5) is 4.39 Å². The Bertz CT molecular complexity index is 991. The van der Waals surface area contributed by atoms with E-state index in [2.05, 4.69) is 5.32 Å². The highest BCUT2D eigenvalue weighted by Gasteiger charge is 2.31. The molecule has 0 saturated carbocycles. The Balaban J connectivity index is 1.91. The molecule has 0 aliphatic carbocycles. The maximum Gasteiger partial charge on any atom is 0.247 e. The molecule has 4 nitrogen and oxygen atoms in total. The summed E-state index contributed by atoms with van der Waals surface area (Å²) in [5, 5.41) is 2.94. The summed E-state index contributed by atoms with van der Waals surface area (Å²) in [6.07, 6.45) is 1.65. The van der Waals surface area contributed by atoms with E-state index in [4.69, 9.17) is 0 Å². The summed E-state index contributed by atoms with van der Waals surface area (Å²) in [5.41, 5.74) is 2.58. The molecule has 0 aromatic heterocycles. The Morgan fingerprint density at radius 2 is 1.50 bits per heavy atom. The quantitative estimate of drug-likeness (QED) is 0.487. The molecule has 166 valence electrons. The van der Waals surface area contributed by atoms with Crippen molar-refractivity contribution in [2.24, 2.45) is 0 Å². The van der Waals surface area contributed by atoms with E-state index < -0.39 is 6.04 Å². The molecule has 32 heavy (non-hydrogen) atoms. The Hall–Kier alpha value is -3.47. The highest BCUT2D eigenvalue weighted by molar-refractivity contribution is 5.88. The molecule has 0 bridgehead atoms. The first-order valence-corrected chi connectivity index (χ1v) is 11.0. The van der Waals surface area contributed by atoms with Gasteiger partial charge in [-0.2, -0.15) is 0 Å². The molecule has 0 radical (unpaired) electrons. The molecule has 1 N–H and O–H groups in total. The minimum atomic E-state index is -0.768. The van der Waals surface area contributed by atoms with Crippen molar-refractivity contribution < 1.29 is 14.0 Å². The van der Waals surface area contributed by atoms with E-state index in [1.165, 1.54) is 12.1 Å². The zero-order valence-electron chi connectivity index (χ0n) is 18.3. The third kappa shape index (κ3) is 6.51. The van der Waals surface area contributed by atoms with Gasteiger partial charge in [0.1, 0.15) is 11.9 Å². The Labute approximate surface area is 189 Å². The van der Waals surface area contributed by atoms with E-state index in [1.807, 2.05) is 67.6 Å². The molecule has 0 fully saturated rings. The van der Waals surface area contributed by atoms with Crippen LogP contribution in [-0.4, -0.2) is 23.3 Å². The van der Waals surface area contributed by atoms with Crippen molar-refractivity contribution in [3.05, 3.63) is 107 Å². The van der Waals surface area contributed by atoms with E-state index in [0.29, 0.717) is 13.0 Å². The van der Waals surface area contributed by atoms with Crippen molar-refractivity contribution in [2.45, 2.75) is 38.8 Å². The van der Waals surface area contributed by atoms with Gasteiger partial charge in [0.25, 0.3) is 0 Å². The van der Waals surface area contributed by atoms with Gasteiger partial charge < -0.3 is 10.2 Å². The summed E-state index contributed by atoms with van der Waals surface area (Å²) >= 11 is 0. The van der Waals surface area contributed by atoms with Crippen LogP contribution in [0.3, 0.4) is 0 Å². The maximum atomic E-state index is 13.5. The lowest BCUT2D eigenvalue weighted by molar-refractivity contribution is -0.141. The molecular formula is C27H29FN2O2. The second-order valence-corrected chi connectivity index (χ2v) is 7.74. The second kappa shape index (κ2) is 11.8. The van der Waals surface area contributed by atoms with E-state index in [1.54, 1.807) is 17.0 Å². The number of rotatable bonds is 10. The van der Waals surface area contributed by atoms with Crippen LogP contribution in [0.25, 0.3) is 0 Å². The van der Waals surface area contributed by atoms with Gasteiger partial charge in [0.15, 0.2) is 0 Å². The topological polar surface area (TPSA) is 49.4 Å². The van der Waals surface area contributed by atoms with Gasteiger partial charge in [-0.1, -0.05) is 79.7 Å². The molecule has 3 rings (SSSR count). The SMILES string of the molecule is CCCNC(=O)C(c1ccccc1)N(Cc1ccc(F)cc1)C(=O)CCc1ccccc1. The van der Waals surface area contributed by atoms with Crippen LogP contribution in [0, 0.1) is 5.82 Å². The number of carbonyl (C=O) groups is 2. The Morgan fingerprint density at radius 3 is 2.12 bits per heavy atom. The summed E-state index contributed by atoms with van der Waals surface area (Å²) in [5.74, 6) is -0.678. The van der Waals surface area contributed by atoms with Crippen LogP contribution in [0.2, 0.25) is 0 Å². The van der Waals surface area contributed by atoms with Gasteiger partial charge in [0.05, 0.1) is 0 Å². The number of carbonyl (C=O) groups excluding carboxylic acids is 2. The van der Waals surface area contributed by atoms with E-state index >= 15 is 0 Å². The normalized spacial score (nSPS) is 11.6. The van der Waals surface area contributed by atoms with Crippen LogP contribution in [0.15, 0.2) is 84.9 Å². The smallest absolute Gasteiger partial charge is 0.247 e. The molecule has 5 heteroatoms. The molecule has 0 spiro atoms. The molecule has 0 saturated heterocycles. The van der Waals surface area contributed by atoms with Gasteiger partial charge in [-0.05, 0) is 41.7 Å². The van der Waals surface area contributed by atoms with Gasteiger partial charge in [0.2, 0.25) is 11.8 Å². The maximum absolute atomic E-state index is 13.5. The standard InChI is InChI=1S/C27H29FN2O2/c1-2-19-29-27(32)26(23-11-7-4-8-12-23)30(20-22-13-16-24(28)17-14-22)25(31)18-15-21-9-5-3-6-10-21/h3-14,16-17,26H,2,15,18-20H2,1H3,(H,29,32). The lowest BCUT2D eigenvalue weighted by Gasteiger charge is -2.32. The fraction of sp³-hybridized carbons (Fsp3) is 0.259. The second-order valence-electron chi connectivity index (χ2n) is 7.74. The van der Waals surface area contributed by atoms with Crippen LogP contribution >= 0.6 is 0 Å². The molecule has 3 aromatic carbocycles. The summed E-state index contributed by atoms with van der Waals surface area (Å²) in [6, 6.07) is 24.4. The van der Waals surface area contributed by atoms with Crippen molar-refractivity contribution in [2.75, 3.05) is 6.54 Å². The van der Waals surface area contributed by atoms with E-state index in [-0.39, 0.29) is 30.6 Å². The third-order valence-corrected chi connectivity index (χ3v) is 5.28. The third-order valence-electron chi connectivity index (χ3n) is 5.28. The van der Waals surface area contributed by atoms with Crippen LogP contribution < -0.4 is 5.32 Å². The number of halogens is 1. The zero-order chi connectivity index (χ0) is 22.8. The first-order valence-electron chi connectivity index (χ1n) is 11.0. The predicted molar refractivity (Wildman–Crippen MR) is 124 cm³/mol. The lowest BCUT2D eigenvalue weighted by atomic mass is 10.0. The summed E-state index contributed by atoms with van der Waals surface area (Å²) in [7, 11) is 0. The minimum Gasteiger partial charge on any atom is -0.354 e. The fourth-order valence-electron chi connectivity index (χ4n) is 3.60. The monoisotopic (exact) mass is 432 g/mol. The number of nitrogens with one attached hydrogen (secondary N) is 1. The largest absolute Gasteiger partial charge is 0.354 e. The number of nitrogens with zero attached hydrogens (tertiary/aromatic N) is 1. The van der Waals surface area contributed by atoms with E-state index in [9.17, 15) is 14.0 Å². The van der Waals surface area contributed by atoms with Crippen molar-refractivity contribution in [3.63, 3.8) is 0 Å². The van der Waals surface area contributed by atoms with Crippen molar-refractivity contribution in [1.82, 2.24) is 10.2 Å². The average Bonchev–Trinajstić information content (AvgIpc) is 2.83.